The molecule has 0 bridgehead atoms. The van der Waals surface area contributed by atoms with Crippen LogP contribution in [0, 0.1) is 5.82 Å². The lowest BCUT2D eigenvalue weighted by molar-refractivity contribution is 0.236. The van der Waals surface area contributed by atoms with E-state index in [1.165, 1.54) is 12.1 Å². The zero-order valence-electron chi connectivity index (χ0n) is 13.6. The first kappa shape index (κ1) is 16.3. The summed E-state index contributed by atoms with van der Waals surface area (Å²) in [6, 6.07) is 13.9. The maximum absolute atomic E-state index is 12.9. The molecule has 1 fully saturated rings. The quantitative estimate of drug-likeness (QED) is 0.854. The SMILES string of the molecule is COc1ccc(C2(NC(=O)NCCc3ccc(F)cc3)CC2)cc1. The van der Waals surface area contributed by atoms with Gasteiger partial charge in [-0.1, -0.05) is 24.3 Å². The average Bonchev–Trinajstić information content (AvgIpc) is 3.37. The zero-order chi connectivity index (χ0) is 17.0. The predicted molar refractivity (Wildman–Crippen MR) is 90.5 cm³/mol. The summed E-state index contributed by atoms with van der Waals surface area (Å²) in [5.41, 5.74) is 1.83. The van der Waals surface area contributed by atoms with Crippen LogP contribution in [0.3, 0.4) is 0 Å². The number of hydrogen-bond donors (Lipinski definition) is 2. The lowest BCUT2D eigenvalue weighted by Crippen LogP contribution is -2.42. The van der Waals surface area contributed by atoms with E-state index in [0.29, 0.717) is 13.0 Å². The van der Waals surface area contributed by atoms with Gasteiger partial charge >= 0.3 is 6.03 Å². The average molecular weight is 328 g/mol. The highest BCUT2D eigenvalue weighted by molar-refractivity contribution is 5.75. The number of rotatable bonds is 6. The fourth-order valence-corrected chi connectivity index (χ4v) is 2.75. The van der Waals surface area contributed by atoms with E-state index in [0.717, 1.165) is 29.7 Å². The van der Waals surface area contributed by atoms with Crippen LogP contribution >= 0.6 is 0 Å². The second kappa shape index (κ2) is 6.91. The highest BCUT2D eigenvalue weighted by atomic mass is 19.1. The molecule has 0 aromatic heterocycles. The van der Waals surface area contributed by atoms with Gasteiger partial charge in [0.25, 0.3) is 0 Å². The number of ether oxygens (including phenoxy) is 1. The third-order valence-electron chi connectivity index (χ3n) is 4.36. The maximum Gasteiger partial charge on any atom is 0.315 e. The summed E-state index contributed by atoms with van der Waals surface area (Å²) in [6.07, 6.45) is 2.54. The normalized spacial score (nSPS) is 14.8. The van der Waals surface area contributed by atoms with Crippen molar-refractivity contribution in [2.24, 2.45) is 0 Å². The van der Waals surface area contributed by atoms with Crippen LogP contribution in [0.2, 0.25) is 0 Å². The largest absolute Gasteiger partial charge is 0.497 e. The summed E-state index contributed by atoms with van der Waals surface area (Å²) >= 11 is 0. The lowest BCUT2D eigenvalue weighted by atomic mass is 10.1. The maximum atomic E-state index is 12.9. The van der Waals surface area contributed by atoms with E-state index in [-0.39, 0.29) is 17.4 Å². The number of hydrogen-bond acceptors (Lipinski definition) is 2. The molecule has 2 aromatic carbocycles. The lowest BCUT2D eigenvalue weighted by Gasteiger charge is -2.19. The van der Waals surface area contributed by atoms with Crippen molar-refractivity contribution in [1.29, 1.82) is 0 Å². The number of urea groups is 1. The van der Waals surface area contributed by atoms with Gasteiger partial charge in [-0.25, -0.2) is 9.18 Å². The number of benzene rings is 2. The van der Waals surface area contributed by atoms with E-state index in [1.54, 1.807) is 19.2 Å². The Labute approximate surface area is 141 Å². The molecule has 5 heteroatoms. The van der Waals surface area contributed by atoms with Crippen molar-refractivity contribution in [3.8, 4) is 5.75 Å². The van der Waals surface area contributed by atoms with Gasteiger partial charge in [0.05, 0.1) is 12.6 Å². The molecule has 0 radical (unpaired) electrons. The molecule has 2 aromatic rings. The molecule has 0 atom stereocenters. The van der Waals surface area contributed by atoms with Gasteiger partial charge in [0.1, 0.15) is 11.6 Å². The van der Waals surface area contributed by atoms with E-state index in [9.17, 15) is 9.18 Å². The molecule has 1 aliphatic rings. The highest BCUT2D eigenvalue weighted by Gasteiger charge is 2.45. The summed E-state index contributed by atoms with van der Waals surface area (Å²) in [5, 5.41) is 5.93. The van der Waals surface area contributed by atoms with Crippen molar-refractivity contribution in [2.45, 2.75) is 24.8 Å². The van der Waals surface area contributed by atoms with Crippen molar-refractivity contribution >= 4 is 6.03 Å². The van der Waals surface area contributed by atoms with Gasteiger partial charge in [-0.3, -0.25) is 0 Å². The summed E-state index contributed by atoms with van der Waals surface area (Å²) in [7, 11) is 1.63. The summed E-state index contributed by atoms with van der Waals surface area (Å²) in [6.45, 7) is 0.510. The fraction of sp³-hybridized carbons (Fsp3) is 0.316. The van der Waals surface area contributed by atoms with Crippen molar-refractivity contribution in [3.63, 3.8) is 0 Å². The number of carbonyl (C=O) groups is 1. The van der Waals surface area contributed by atoms with Crippen LogP contribution in [0.15, 0.2) is 48.5 Å². The van der Waals surface area contributed by atoms with Crippen LogP contribution in [0.4, 0.5) is 9.18 Å². The van der Waals surface area contributed by atoms with Crippen LogP contribution in [-0.4, -0.2) is 19.7 Å². The van der Waals surface area contributed by atoms with Crippen molar-refractivity contribution in [3.05, 3.63) is 65.5 Å². The zero-order valence-corrected chi connectivity index (χ0v) is 13.6. The van der Waals surface area contributed by atoms with Gasteiger partial charge in [0, 0.05) is 6.54 Å². The summed E-state index contributed by atoms with van der Waals surface area (Å²) < 4.78 is 18.0. The van der Waals surface area contributed by atoms with E-state index >= 15 is 0 Å². The Morgan fingerprint density at radius 2 is 1.79 bits per heavy atom. The molecule has 4 nitrogen and oxygen atoms in total. The van der Waals surface area contributed by atoms with E-state index < -0.39 is 0 Å². The highest BCUT2D eigenvalue weighted by Crippen LogP contribution is 2.45. The van der Waals surface area contributed by atoms with Crippen LogP contribution in [0.25, 0.3) is 0 Å². The van der Waals surface area contributed by atoms with Gasteiger partial charge < -0.3 is 15.4 Å². The van der Waals surface area contributed by atoms with Crippen molar-refractivity contribution in [1.82, 2.24) is 10.6 Å². The molecule has 1 saturated carbocycles. The molecule has 0 heterocycles. The number of nitrogens with one attached hydrogen (secondary N) is 2. The molecule has 0 aliphatic heterocycles. The Hall–Kier alpha value is -2.56. The summed E-state index contributed by atoms with van der Waals surface area (Å²) in [5.74, 6) is 0.554. The van der Waals surface area contributed by atoms with Gasteiger partial charge in [0.2, 0.25) is 0 Å². The number of halogens is 1. The Balaban J connectivity index is 1.49. The smallest absolute Gasteiger partial charge is 0.315 e. The third kappa shape index (κ3) is 3.85. The van der Waals surface area contributed by atoms with E-state index in [1.807, 2.05) is 24.3 Å². The minimum atomic E-state index is -0.258. The van der Waals surface area contributed by atoms with Gasteiger partial charge in [0.15, 0.2) is 0 Å². The van der Waals surface area contributed by atoms with E-state index in [4.69, 9.17) is 4.74 Å². The van der Waals surface area contributed by atoms with Crippen LogP contribution in [0.5, 0.6) is 5.75 Å². The topological polar surface area (TPSA) is 50.4 Å². The molecule has 2 amide bonds. The van der Waals surface area contributed by atoms with Crippen LogP contribution in [-0.2, 0) is 12.0 Å². The fourth-order valence-electron chi connectivity index (χ4n) is 2.75. The second-order valence-electron chi connectivity index (χ2n) is 6.07. The first-order chi connectivity index (χ1) is 11.6. The molecule has 24 heavy (non-hydrogen) atoms. The molecule has 0 unspecified atom stereocenters. The second-order valence-corrected chi connectivity index (χ2v) is 6.07. The first-order valence-corrected chi connectivity index (χ1v) is 8.06. The van der Waals surface area contributed by atoms with Crippen LogP contribution < -0.4 is 15.4 Å². The molecule has 1 aliphatic carbocycles. The number of methoxy groups -OCH3 is 1. The summed E-state index contributed by atoms with van der Waals surface area (Å²) in [4.78, 5) is 12.1. The third-order valence-corrected chi connectivity index (χ3v) is 4.36. The number of amides is 2. The molecule has 0 spiro atoms. The standard InChI is InChI=1S/C19H21FN2O2/c1-24-17-8-4-15(5-9-17)19(11-12-19)22-18(23)21-13-10-14-2-6-16(20)7-3-14/h2-9H,10-13H2,1H3,(H2,21,22,23). The molecular formula is C19H21FN2O2. The number of carbonyl (C=O) groups excluding carboxylic acids is 1. The molecule has 2 N–H and O–H groups in total. The Morgan fingerprint density at radius 1 is 1.12 bits per heavy atom. The monoisotopic (exact) mass is 328 g/mol. The molecule has 126 valence electrons. The Kier molecular flexibility index (Phi) is 4.69. The van der Waals surface area contributed by atoms with Crippen molar-refractivity contribution < 1.29 is 13.9 Å². The van der Waals surface area contributed by atoms with E-state index in [2.05, 4.69) is 10.6 Å². The Bertz CT molecular complexity index is 694. The van der Waals surface area contributed by atoms with Crippen molar-refractivity contribution in [2.75, 3.05) is 13.7 Å². The van der Waals surface area contributed by atoms with Gasteiger partial charge in [-0.15, -0.1) is 0 Å². The predicted octanol–water partition coefficient (Wildman–Crippen LogP) is 3.37. The minimum Gasteiger partial charge on any atom is -0.497 e. The first-order valence-electron chi connectivity index (χ1n) is 8.06. The van der Waals surface area contributed by atoms with Crippen LogP contribution in [0.1, 0.15) is 24.0 Å². The minimum absolute atomic E-state index is 0.176. The molecular weight excluding hydrogens is 307 g/mol. The van der Waals surface area contributed by atoms with Gasteiger partial charge in [-0.2, -0.15) is 0 Å². The molecule has 3 rings (SSSR count). The Morgan fingerprint density at radius 3 is 2.38 bits per heavy atom. The molecule has 0 saturated heterocycles. The van der Waals surface area contributed by atoms with Gasteiger partial charge in [-0.05, 0) is 54.7 Å².